The van der Waals surface area contributed by atoms with E-state index in [1.54, 1.807) is 0 Å². The van der Waals surface area contributed by atoms with Gasteiger partial charge in [0.05, 0.1) is 0 Å². The molecule has 2 nitrogen and oxygen atoms in total. The van der Waals surface area contributed by atoms with Crippen molar-refractivity contribution in [1.82, 2.24) is 0 Å². The van der Waals surface area contributed by atoms with Gasteiger partial charge in [0.1, 0.15) is 0 Å². The summed E-state index contributed by atoms with van der Waals surface area (Å²) >= 11 is 0. The Morgan fingerprint density at radius 3 is 1.00 bits per heavy atom. The first-order valence-corrected chi connectivity index (χ1v) is 0.333. The summed E-state index contributed by atoms with van der Waals surface area (Å²) in [6, 6.07) is 0. The van der Waals surface area contributed by atoms with Crippen molar-refractivity contribution in [2.45, 2.75) is 0 Å². The second kappa shape index (κ2) is 131. The molecule has 0 saturated heterocycles. The van der Waals surface area contributed by atoms with E-state index in [0.29, 0.717) is 0 Å². The molecule has 0 aromatic rings. The summed E-state index contributed by atoms with van der Waals surface area (Å²) in [5, 5.41) is 0. The van der Waals surface area contributed by atoms with E-state index in [0.717, 1.165) is 0 Å². The highest BCUT2D eigenvalue weighted by molar-refractivity contribution is 5.75. The standard InChI is InChI=1S/Al.FH.H4N2.3H/c;;1-2;;;/h;1H;1-2H2;;;. The quantitative estimate of drug-likeness (QED) is 0.198. The van der Waals surface area contributed by atoms with E-state index in [1.165, 1.54) is 0 Å². The van der Waals surface area contributed by atoms with E-state index in [-0.39, 0.29) is 22.1 Å². The van der Waals surface area contributed by atoms with E-state index in [1.807, 2.05) is 0 Å². The van der Waals surface area contributed by atoms with Gasteiger partial charge in [0.15, 0.2) is 17.4 Å². The van der Waals surface area contributed by atoms with Crippen LogP contribution in [0.3, 0.4) is 0 Å². The van der Waals surface area contributed by atoms with Crippen molar-refractivity contribution in [3.8, 4) is 0 Å². The van der Waals surface area contributed by atoms with Crippen LogP contribution < -0.4 is 11.7 Å². The summed E-state index contributed by atoms with van der Waals surface area (Å²) < 4.78 is 0. The number of hydrazine groups is 1. The van der Waals surface area contributed by atoms with E-state index in [4.69, 9.17) is 0 Å². The molecule has 0 atom stereocenters. The zero-order valence-electron chi connectivity index (χ0n) is 1.56. The third kappa shape index (κ3) is 31.1. The van der Waals surface area contributed by atoms with Crippen molar-refractivity contribution in [2.24, 2.45) is 11.7 Å². The second-order valence-electron chi connectivity index (χ2n) is 0. The van der Waals surface area contributed by atoms with Gasteiger partial charge in [-0.25, -0.2) is 0 Å². The monoisotopic (exact) mass is 82.0 g/mol. The largest absolute Gasteiger partial charge is 0.274 e. The number of hydrogen-bond donors (Lipinski definition) is 2. The average Bonchev–Trinajstić information content (AvgIpc) is 1.00. The first-order valence-electron chi connectivity index (χ1n) is 0.333. The predicted octanol–water partition coefficient (Wildman–Crippen LogP) is -2.21. The van der Waals surface area contributed by atoms with Crippen LogP contribution in [0.15, 0.2) is 0 Å². The second-order valence-corrected chi connectivity index (χ2v) is 0. The molecule has 0 aliphatic rings. The fraction of sp³-hybridized carbons (Fsp3) is 0. The minimum absolute atomic E-state index is 0. The van der Waals surface area contributed by atoms with Gasteiger partial charge in [-0.15, -0.1) is 0 Å². The molecule has 0 radical (unpaired) electrons. The van der Waals surface area contributed by atoms with Gasteiger partial charge in [-0.1, -0.05) is 0 Å². The maximum Gasteiger partial charge on any atom is 0.187 e. The summed E-state index contributed by atoms with van der Waals surface area (Å²) in [5.41, 5.74) is 0. The summed E-state index contributed by atoms with van der Waals surface area (Å²) in [6.07, 6.45) is 0. The van der Waals surface area contributed by atoms with Gasteiger partial charge in [0, 0.05) is 0 Å². The number of nitrogens with two attached hydrogens (primary N) is 2. The highest BCUT2D eigenvalue weighted by Gasteiger charge is 0.726. The van der Waals surface area contributed by atoms with Crippen LogP contribution in [0.4, 0.5) is 4.70 Å². The first kappa shape index (κ1) is 26.2. The van der Waals surface area contributed by atoms with E-state index >= 15 is 0 Å². The molecule has 0 aromatic heterocycles. The Hall–Kier alpha value is 0.382. The van der Waals surface area contributed by atoms with Crippen molar-refractivity contribution >= 4 is 17.4 Å². The van der Waals surface area contributed by atoms with Gasteiger partial charge in [0.25, 0.3) is 0 Å². The predicted molar refractivity (Wildman–Crippen MR) is 20.8 cm³/mol. The van der Waals surface area contributed by atoms with Crippen LogP contribution >= 0.6 is 0 Å². The molecular weight excluding hydrogens is 74.0 g/mol. The third-order valence-corrected chi connectivity index (χ3v) is 0. The zero-order valence-corrected chi connectivity index (χ0v) is 1.56. The molecule has 0 heterocycles. The smallest absolute Gasteiger partial charge is 0.187 e. The van der Waals surface area contributed by atoms with Crippen molar-refractivity contribution < 1.29 is 4.70 Å². The average molecular weight is 82.1 g/mol. The minimum atomic E-state index is 0. The van der Waals surface area contributed by atoms with E-state index in [2.05, 4.69) is 11.7 Å². The lowest BCUT2D eigenvalue weighted by Gasteiger charge is -1.27. The van der Waals surface area contributed by atoms with Crippen LogP contribution in [0.5, 0.6) is 0 Å². The fourth-order valence-corrected chi connectivity index (χ4v) is 0. The molecule has 0 aliphatic heterocycles. The molecule has 0 rings (SSSR count). The first-order chi connectivity index (χ1) is 1.00. The molecule has 28 valence electrons. The summed E-state index contributed by atoms with van der Waals surface area (Å²) in [6.45, 7) is 0. The Labute approximate surface area is 34.6 Å². The van der Waals surface area contributed by atoms with Crippen LogP contribution in [0.1, 0.15) is 0 Å². The van der Waals surface area contributed by atoms with E-state index < -0.39 is 0 Å². The molecule has 0 aromatic carbocycles. The van der Waals surface area contributed by atoms with Gasteiger partial charge >= 0.3 is 0 Å². The molecule has 0 bridgehead atoms. The molecule has 0 aliphatic carbocycles. The molecule has 4 heteroatoms. The van der Waals surface area contributed by atoms with Crippen LogP contribution in [0.25, 0.3) is 0 Å². The normalized spacial score (nSPS) is 1.50. The molecular formula is H8AlFN2. The molecule has 0 unspecified atom stereocenters. The van der Waals surface area contributed by atoms with Crippen LogP contribution in [-0.2, 0) is 0 Å². The van der Waals surface area contributed by atoms with Gasteiger partial charge in [-0.2, -0.15) is 0 Å². The van der Waals surface area contributed by atoms with Crippen LogP contribution in [0, 0.1) is 0 Å². The van der Waals surface area contributed by atoms with E-state index in [9.17, 15) is 0 Å². The number of rotatable bonds is 0. The van der Waals surface area contributed by atoms with Crippen molar-refractivity contribution in [3.05, 3.63) is 0 Å². The van der Waals surface area contributed by atoms with Crippen LogP contribution in [-0.4, -0.2) is 17.4 Å². The molecule has 0 fully saturated rings. The minimum Gasteiger partial charge on any atom is -0.274 e. The van der Waals surface area contributed by atoms with Crippen molar-refractivity contribution in [2.75, 3.05) is 0 Å². The Balaban J connectivity index is -0.00000000500. The third-order valence-electron chi connectivity index (χ3n) is 0. The number of hydrogen-bond acceptors (Lipinski definition) is 2. The SMILES string of the molecule is F.NN.[AlH3]. The van der Waals surface area contributed by atoms with Crippen molar-refractivity contribution in [3.63, 3.8) is 0 Å². The molecule has 4 N–H and O–H groups in total. The molecule has 0 amide bonds. The highest BCUT2D eigenvalue weighted by atomic mass is 27.0. The highest BCUT2D eigenvalue weighted by Crippen LogP contribution is 0.420. The lowest BCUT2D eigenvalue weighted by molar-refractivity contribution is 1.11. The summed E-state index contributed by atoms with van der Waals surface area (Å²) in [7, 11) is 0. The molecule has 4 heavy (non-hydrogen) atoms. The topological polar surface area (TPSA) is 52.0 Å². The maximum absolute atomic E-state index is 4.00. The van der Waals surface area contributed by atoms with Crippen LogP contribution in [0.2, 0.25) is 0 Å². The summed E-state index contributed by atoms with van der Waals surface area (Å²) in [5.74, 6) is 8.00. The molecule has 0 saturated carbocycles. The Bertz CT molecular complexity index is 6.00. The lowest BCUT2D eigenvalue weighted by atomic mass is 13.0. The Kier molecular flexibility index (Phi) is 861. The van der Waals surface area contributed by atoms with Gasteiger partial charge in [0.2, 0.25) is 0 Å². The fourth-order valence-electron chi connectivity index (χ4n) is 0. The summed E-state index contributed by atoms with van der Waals surface area (Å²) in [4.78, 5) is 0. The van der Waals surface area contributed by atoms with Gasteiger partial charge < -0.3 is 0 Å². The zero-order chi connectivity index (χ0) is 2.00. The Morgan fingerprint density at radius 2 is 1.00 bits per heavy atom. The van der Waals surface area contributed by atoms with Gasteiger partial charge in [-0.3, -0.25) is 16.4 Å². The molecule has 0 spiro atoms. The van der Waals surface area contributed by atoms with Gasteiger partial charge in [-0.05, 0) is 0 Å². The van der Waals surface area contributed by atoms with Crippen molar-refractivity contribution in [1.29, 1.82) is 0 Å². The Morgan fingerprint density at radius 1 is 1.00 bits per heavy atom. The lowest BCUT2D eigenvalue weighted by Crippen LogP contribution is -2.02. The number of halogens is 1. The maximum atomic E-state index is 4.00.